The molecule has 0 radical (unpaired) electrons. The number of nitrogens with zero attached hydrogens (tertiary/aromatic N) is 2. The molecule has 2 rings (SSSR count). The van der Waals surface area contributed by atoms with E-state index in [0.717, 1.165) is 32.0 Å². The summed E-state index contributed by atoms with van der Waals surface area (Å²) in [5, 5.41) is 3.28. The number of hydrogen-bond donors (Lipinski definition) is 1. The first-order chi connectivity index (χ1) is 7.25. The Morgan fingerprint density at radius 2 is 2.20 bits per heavy atom. The molecule has 2 aliphatic heterocycles. The molecule has 15 heavy (non-hydrogen) atoms. The van der Waals surface area contributed by atoms with Crippen molar-refractivity contribution in [3.63, 3.8) is 0 Å². The number of carbonyl (C=O) groups excluding carboxylic acids is 1. The molecule has 4 nitrogen and oxygen atoms in total. The zero-order valence-corrected chi connectivity index (χ0v) is 9.54. The summed E-state index contributed by atoms with van der Waals surface area (Å²) in [6, 6.07) is 0. The zero-order valence-electron chi connectivity index (χ0n) is 9.54. The van der Waals surface area contributed by atoms with Gasteiger partial charge in [0, 0.05) is 20.1 Å². The summed E-state index contributed by atoms with van der Waals surface area (Å²) in [7, 11) is 1.90. The maximum atomic E-state index is 11.6. The predicted molar refractivity (Wildman–Crippen MR) is 59.7 cm³/mol. The van der Waals surface area contributed by atoms with E-state index in [1.165, 1.54) is 19.5 Å². The molecule has 0 atom stereocenters. The first-order valence-electron chi connectivity index (χ1n) is 5.93. The molecular formula is C11H21N3O. The number of hydrogen-bond acceptors (Lipinski definition) is 3. The molecule has 0 unspecified atom stereocenters. The maximum Gasteiger partial charge on any atom is 0.236 e. The van der Waals surface area contributed by atoms with Crippen LogP contribution < -0.4 is 5.32 Å². The van der Waals surface area contributed by atoms with Crippen molar-refractivity contribution in [2.24, 2.45) is 5.92 Å². The zero-order chi connectivity index (χ0) is 10.7. The second-order valence-corrected chi connectivity index (χ2v) is 4.76. The first kappa shape index (κ1) is 10.9. The third kappa shape index (κ3) is 2.92. The van der Waals surface area contributed by atoms with Gasteiger partial charge < -0.3 is 10.2 Å². The minimum Gasteiger partial charge on any atom is -0.345 e. The lowest BCUT2D eigenvalue weighted by Crippen LogP contribution is -2.44. The van der Waals surface area contributed by atoms with Crippen molar-refractivity contribution >= 4 is 5.91 Å². The highest BCUT2D eigenvalue weighted by Gasteiger charge is 2.21. The van der Waals surface area contributed by atoms with E-state index in [1.54, 1.807) is 0 Å². The van der Waals surface area contributed by atoms with Crippen LogP contribution in [0.3, 0.4) is 0 Å². The topological polar surface area (TPSA) is 35.6 Å². The Balaban J connectivity index is 1.73. The highest BCUT2D eigenvalue weighted by Crippen LogP contribution is 2.10. The Morgan fingerprint density at radius 3 is 2.87 bits per heavy atom. The molecule has 0 aromatic carbocycles. The summed E-state index contributed by atoms with van der Waals surface area (Å²) in [6.07, 6.45) is 2.36. The molecule has 0 aliphatic carbocycles. The minimum atomic E-state index is 0.277. The van der Waals surface area contributed by atoms with E-state index in [-0.39, 0.29) is 5.91 Å². The monoisotopic (exact) mass is 211 g/mol. The lowest BCUT2D eigenvalue weighted by molar-refractivity contribution is -0.129. The lowest BCUT2D eigenvalue weighted by Gasteiger charge is -2.29. The molecule has 2 saturated heterocycles. The Kier molecular flexibility index (Phi) is 3.59. The fourth-order valence-electron chi connectivity index (χ4n) is 2.16. The Bertz CT molecular complexity index is 228. The third-order valence-electron chi connectivity index (χ3n) is 3.47. The summed E-state index contributed by atoms with van der Waals surface area (Å²) in [5.41, 5.74) is 0. The smallest absolute Gasteiger partial charge is 0.236 e. The van der Waals surface area contributed by atoms with Crippen LogP contribution in [0.5, 0.6) is 0 Å². The average Bonchev–Trinajstić information content (AvgIpc) is 2.27. The molecule has 2 heterocycles. The summed E-state index contributed by atoms with van der Waals surface area (Å²) in [6.45, 7) is 6.04. The fourth-order valence-corrected chi connectivity index (χ4v) is 2.16. The summed E-state index contributed by atoms with van der Waals surface area (Å²) < 4.78 is 0. The largest absolute Gasteiger partial charge is 0.345 e. The van der Waals surface area contributed by atoms with Crippen LogP contribution in [0.1, 0.15) is 12.8 Å². The van der Waals surface area contributed by atoms with Gasteiger partial charge in [0.25, 0.3) is 0 Å². The number of nitrogens with one attached hydrogen (secondary N) is 1. The van der Waals surface area contributed by atoms with Crippen molar-refractivity contribution in [3.8, 4) is 0 Å². The van der Waals surface area contributed by atoms with Gasteiger partial charge in [0.2, 0.25) is 5.91 Å². The van der Waals surface area contributed by atoms with Crippen molar-refractivity contribution in [1.29, 1.82) is 0 Å². The molecule has 4 heteroatoms. The average molecular weight is 211 g/mol. The quantitative estimate of drug-likeness (QED) is 0.700. The van der Waals surface area contributed by atoms with Crippen molar-refractivity contribution in [3.05, 3.63) is 0 Å². The third-order valence-corrected chi connectivity index (χ3v) is 3.47. The van der Waals surface area contributed by atoms with E-state index in [2.05, 4.69) is 10.2 Å². The van der Waals surface area contributed by atoms with E-state index in [1.807, 2.05) is 11.9 Å². The normalized spacial score (nSPS) is 25.1. The van der Waals surface area contributed by atoms with Crippen LogP contribution in [-0.4, -0.2) is 62.0 Å². The second kappa shape index (κ2) is 4.94. The van der Waals surface area contributed by atoms with E-state index < -0.39 is 0 Å². The summed E-state index contributed by atoms with van der Waals surface area (Å²) >= 11 is 0. The van der Waals surface area contributed by atoms with Gasteiger partial charge in [-0.25, -0.2) is 0 Å². The fraction of sp³-hybridized carbons (Fsp3) is 0.909. The van der Waals surface area contributed by atoms with Crippen LogP contribution in [0.15, 0.2) is 0 Å². The van der Waals surface area contributed by atoms with Gasteiger partial charge in [-0.15, -0.1) is 0 Å². The molecule has 0 aromatic rings. The highest BCUT2D eigenvalue weighted by molar-refractivity contribution is 5.78. The van der Waals surface area contributed by atoms with Crippen LogP contribution >= 0.6 is 0 Å². The highest BCUT2D eigenvalue weighted by atomic mass is 16.2. The van der Waals surface area contributed by atoms with Crippen LogP contribution in [-0.2, 0) is 4.79 Å². The van der Waals surface area contributed by atoms with Crippen LogP contribution in [0.4, 0.5) is 0 Å². The van der Waals surface area contributed by atoms with Gasteiger partial charge in [-0.1, -0.05) is 0 Å². The number of rotatable bonds is 3. The van der Waals surface area contributed by atoms with Crippen LogP contribution in [0, 0.1) is 5.92 Å². The molecule has 2 fully saturated rings. The molecule has 0 aromatic heterocycles. The van der Waals surface area contributed by atoms with Gasteiger partial charge in [-0.3, -0.25) is 9.69 Å². The predicted octanol–water partition coefficient (Wildman–Crippen LogP) is -0.240. The van der Waals surface area contributed by atoms with Crippen LogP contribution in [0.25, 0.3) is 0 Å². The van der Waals surface area contributed by atoms with Gasteiger partial charge in [0.05, 0.1) is 6.54 Å². The van der Waals surface area contributed by atoms with Gasteiger partial charge >= 0.3 is 0 Å². The minimum absolute atomic E-state index is 0.277. The van der Waals surface area contributed by atoms with E-state index in [4.69, 9.17) is 0 Å². The Morgan fingerprint density at radius 1 is 1.40 bits per heavy atom. The molecule has 0 saturated carbocycles. The summed E-state index contributed by atoms with van der Waals surface area (Å²) in [5.74, 6) is 1.13. The Hall–Kier alpha value is -0.610. The second-order valence-electron chi connectivity index (χ2n) is 4.76. The SMILES string of the molecule is CN1CCCN(CCC2CNC2)CC1=O. The standard InChI is InChI=1S/C11H21N3O/c1-13-4-2-5-14(9-11(13)15)6-3-10-7-12-8-10/h10,12H,2-9H2,1H3. The van der Waals surface area contributed by atoms with Crippen molar-refractivity contribution < 1.29 is 4.79 Å². The van der Waals surface area contributed by atoms with Gasteiger partial charge in [-0.2, -0.15) is 0 Å². The number of amides is 1. The number of carbonyl (C=O) groups is 1. The number of likely N-dealkylation sites (N-methyl/N-ethyl adjacent to an activating group) is 1. The molecule has 86 valence electrons. The lowest BCUT2D eigenvalue weighted by atomic mass is 9.99. The molecule has 2 aliphatic rings. The molecule has 1 amide bonds. The molecule has 1 N–H and O–H groups in total. The Labute approximate surface area is 91.6 Å². The van der Waals surface area contributed by atoms with E-state index in [0.29, 0.717) is 6.54 Å². The molecule has 0 bridgehead atoms. The van der Waals surface area contributed by atoms with Crippen molar-refractivity contribution in [2.75, 3.05) is 46.3 Å². The maximum absolute atomic E-state index is 11.6. The summed E-state index contributed by atoms with van der Waals surface area (Å²) in [4.78, 5) is 15.8. The van der Waals surface area contributed by atoms with Crippen molar-refractivity contribution in [2.45, 2.75) is 12.8 Å². The van der Waals surface area contributed by atoms with Crippen LogP contribution in [0.2, 0.25) is 0 Å². The van der Waals surface area contributed by atoms with Gasteiger partial charge in [-0.05, 0) is 38.4 Å². The molecule has 0 spiro atoms. The molecular weight excluding hydrogens is 190 g/mol. The van der Waals surface area contributed by atoms with Gasteiger partial charge in [0.1, 0.15) is 0 Å². The van der Waals surface area contributed by atoms with Crippen molar-refractivity contribution in [1.82, 2.24) is 15.1 Å². The van der Waals surface area contributed by atoms with E-state index >= 15 is 0 Å². The van der Waals surface area contributed by atoms with E-state index in [9.17, 15) is 4.79 Å². The first-order valence-corrected chi connectivity index (χ1v) is 5.93. The van der Waals surface area contributed by atoms with Gasteiger partial charge in [0.15, 0.2) is 0 Å².